The zero-order valence-corrected chi connectivity index (χ0v) is 21.8. The van der Waals surface area contributed by atoms with Gasteiger partial charge in [-0.1, -0.05) is 12.1 Å². The van der Waals surface area contributed by atoms with E-state index >= 15 is 4.39 Å². The van der Waals surface area contributed by atoms with E-state index < -0.39 is 48.5 Å². The molecule has 2 saturated heterocycles. The highest BCUT2D eigenvalue weighted by Gasteiger charge is 2.53. The van der Waals surface area contributed by atoms with Gasteiger partial charge in [0.15, 0.2) is 0 Å². The van der Waals surface area contributed by atoms with E-state index in [0.29, 0.717) is 11.9 Å². The molecule has 2 aromatic carbocycles. The van der Waals surface area contributed by atoms with Gasteiger partial charge in [0.2, 0.25) is 0 Å². The summed E-state index contributed by atoms with van der Waals surface area (Å²) in [6.07, 6.45) is 0.531. The van der Waals surface area contributed by atoms with Gasteiger partial charge in [0.1, 0.15) is 11.6 Å². The standard InChI is InChI=1S/C26H34B2FNO5/c1-23(2)24(3,4)33-27(32-23)16-9-10-19-15(11-16)12-20(30-19)22-18(29)13-17(14-21(22)31)28-34-25(5,6)26(7,8)35-28/h9-11,13-14,20,30-31H,12H2,1-8H3. The number of anilines is 1. The minimum Gasteiger partial charge on any atom is -0.507 e. The minimum absolute atomic E-state index is 0.119. The lowest BCUT2D eigenvalue weighted by Gasteiger charge is -2.32. The van der Waals surface area contributed by atoms with Crippen LogP contribution in [0.4, 0.5) is 10.1 Å². The number of aromatic hydroxyl groups is 1. The number of rotatable bonds is 3. The lowest BCUT2D eigenvalue weighted by atomic mass is 9.77. The first-order valence-electron chi connectivity index (χ1n) is 12.2. The molecule has 0 bridgehead atoms. The largest absolute Gasteiger partial charge is 0.507 e. The first-order valence-corrected chi connectivity index (χ1v) is 12.2. The van der Waals surface area contributed by atoms with Crippen molar-refractivity contribution in [1.29, 1.82) is 0 Å². The van der Waals surface area contributed by atoms with Gasteiger partial charge in [0.05, 0.1) is 34.0 Å². The molecule has 9 heteroatoms. The van der Waals surface area contributed by atoms with Crippen molar-refractivity contribution in [3.63, 3.8) is 0 Å². The summed E-state index contributed by atoms with van der Waals surface area (Å²) in [6, 6.07) is 8.51. The van der Waals surface area contributed by atoms with Crippen molar-refractivity contribution in [2.45, 2.75) is 90.3 Å². The smallest absolute Gasteiger partial charge is 0.495 e. The van der Waals surface area contributed by atoms with E-state index in [1.807, 2.05) is 73.6 Å². The zero-order valence-electron chi connectivity index (χ0n) is 21.8. The zero-order chi connectivity index (χ0) is 25.6. The fourth-order valence-electron chi connectivity index (χ4n) is 4.77. The SMILES string of the molecule is CC1(C)OB(c2cc(O)c(C3Cc4cc(B5OC(C)(C)C(C)(C)O5)ccc4N3)c(F)c2)OC1(C)C. The Morgan fingerprint density at radius 1 is 0.800 bits per heavy atom. The number of fused-ring (bicyclic) bond motifs is 1. The second-order valence-electron chi connectivity index (χ2n) is 11.9. The highest BCUT2D eigenvalue weighted by atomic mass is 19.1. The lowest BCUT2D eigenvalue weighted by molar-refractivity contribution is 0.00578. The number of benzene rings is 2. The van der Waals surface area contributed by atoms with Crippen molar-refractivity contribution in [2.75, 3.05) is 5.32 Å². The van der Waals surface area contributed by atoms with Crippen LogP contribution < -0.4 is 16.2 Å². The molecule has 0 aromatic heterocycles. The van der Waals surface area contributed by atoms with Gasteiger partial charge in [-0.15, -0.1) is 0 Å². The summed E-state index contributed by atoms with van der Waals surface area (Å²) in [4.78, 5) is 0. The molecule has 35 heavy (non-hydrogen) atoms. The number of hydrogen-bond acceptors (Lipinski definition) is 6. The molecule has 2 fully saturated rings. The Balaban J connectivity index is 1.37. The summed E-state index contributed by atoms with van der Waals surface area (Å²) in [5, 5.41) is 14.2. The van der Waals surface area contributed by atoms with E-state index in [0.717, 1.165) is 16.7 Å². The molecule has 0 saturated carbocycles. The quantitative estimate of drug-likeness (QED) is 0.650. The Morgan fingerprint density at radius 3 is 1.83 bits per heavy atom. The Labute approximate surface area is 207 Å². The molecule has 6 nitrogen and oxygen atoms in total. The van der Waals surface area contributed by atoms with Crippen LogP contribution in [-0.2, 0) is 25.0 Å². The fourth-order valence-corrected chi connectivity index (χ4v) is 4.77. The first-order chi connectivity index (χ1) is 16.1. The van der Waals surface area contributed by atoms with E-state index in [9.17, 15) is 5.11 Å². The van der Waals surface area contributed by atoms with Crippen LogP contribution in [0.1, 0.15) is 72.6 Å². The minimum atomic E-state index is -0.745. The average Bonchev–Trinajstić information content (AvgIpc) is 3.29. The van der Waals surface area contributed by atoms with E-state index in [-0.39, 0.29) is 11.3 Å². The molecule has 3 aliphatic heterocycles. The summed E-state index contributed by atoms with van der Waals surface area (Å²) in [7, 11) is -1.21. The molecule has 186 valence electrons. The van der Waals surface area contributed by atoms with Gasteiger partial charge in [-0.2, -0.15) is 0 Å². The normalized spacial score (nSPS) is 25.6. The summed E-state index contributed by atoms with van der Waals surface area (Å²) >= 11 is 0. The molecular weight excluding hydrogens is 447 g/mol. The van der Waals surface area contributed by atoms with Gasteiger partial charge in [0, 0.05) is 5.69 Å². The molecule has 3 aliphatic rings. The molecule has 0 spiro atoms. The van der Waals surface area contributed by atoms with Crippen LogP contribution in [0.15, 0.2) is 30.3 Å². The van der Waals surface area contributed by atoms with E-state index in [1.165, 1.54) is 6.07 Å². The number of phenols is 1. The predicted octanol–water partition coefficient (Wildman–Crippen LogP) is 3.84. The third-order valence-corrected chi connectivity index (χ3v) is 8.41. The van der Waals surface area contributed by atoms with Crippen LogP contribution in [0.3, 0.4) is 0 Å². The van der Waals surface area contributed by atoms with Gasteiger partial charge < -0.3 is 29.0 Å². The highest BCUT2D eigenvalue weighted by Crippen LogP contribution is 2.41. The van der Waals surface area contributed by atoms with Gasteiger partial charge in [-0.3, -0.25) is 0 Å². The number of nitrogens with one attached hydrogen (secondary N) is 1. The summed E-state index contributed by atoms with van der Waals surface area (Å²) in [5.74, 6) is -0.614. The molecule has 2 aromatic rings. The summed E-state index contributed by atoms with van der Waals surface area (Å²) in [5.41, 5.74) is 1.60. The Hall–Kier alpha value is -2.06. The molecule has 1 unspecified atom stereocenters. The van der Waals surface area contributed by atoms with Crippen LogP contribution in [0, 0.1) is 5.82 Å². The Bertz CT molecular complexity index is 1130. The van der Waals surface area contributed by atoms with Gasteiger partial charge in [-0.05, 0) is 96.5 Å². The molecule has 5 rings (SSSR count). The van der Waals surface area contributed by atoms with E-state index in [4.69, 9.17) is 18.6 Å². The predicted molar refractivity (Wildman–Crippen MR) is 136 cm³/mol. The van der Waals surface area contributed by atoms with Crippen molar-refractivity contribution in [3.8, 4) is 5.75 Å². The number of halogens is 1. The van der Waals surface area contributed by atoms with Crippen LogP contribution in [0.25, 0.3) is 0 Å². The van der Waals surface area contributed by atoms with Crippen molar-refractivity contribution in [3.05, 3.63) is 47.3 Å². The van der Waals surface area contributed by atoms with Crippen molar-refractivity contribution in [1.82, 2.24) is 0 Å². The molecule has 0 radical (unpaired) electrons. The maximum absolute atomic E-state index is 15.4. The van der Waals surface area contributed by atoms with Crippen molar-refractivity contribution >= 4 is 30.8 Å². The summed E-state index contributed by atoms with van der Waals surface area (Å²) in [6.45, 7) is 15.9. The van der Waals surface area contributed by atoms with E-state index in [2.05, 4.69) is 5.32 Å². The number of phenolic OH excluding ortho intramolecular Hbond substituents is 1. The first kappa shape index (κ1) is 24.6. The maximum atomic E-state index is 15.4. The van der Waals surface area contributed by atoms with Gasteiger partial charge >= 0.3 is 14.2 Å². The number of hydrogen-bond donors (Lipinski definition) is 2. The molecule has 0 amide bonds. The highest BCUT2D eigenvalue weighted by molar-refractivity contribution is 6.62. The van der Waals surface area contributed by atoms with Crippen molar-refractivity contribution in [2.24, 2.45) is 0 Å². The molecular formula is C26H34B2FNO5. The second kappa shape index (κ2) is 7.72. The van der Waals surface area contributed by atoms with Crippen molar-refractivity contribution < 1.29 is 28.1 Å². The third-order valence-electron chi connectivity index (χ3n) is 8.41. The van der Waals surface area contributed by atoms with Gasteiger partial charge in [0.25, 0.3) is 0 Å². The molecule has 0 aliphatic carbocycles. The van der Waals surface area contributed by atoms with Crippen LogP contribution >= 0.6 is 0 Å². The topological polar surface area (TPSA) is 69.2 Å². The Kier molecular flexibility index (Phi) is 5.43. The Morgan fingerprint density at radius 2 is 1.31 bits per heavy atom. The van der Waals surface area contributed by atoms with Crippen LogP contribution in [0.5, 0.6) is 5.75 Å². The molecule has 1 atom stereocenters. The second-order valence-corrected chi connectivity index (χ2v) is 11.9. The monoisotopic (exact) mass is 481 g/mol. The van der Waals surface area contributed by atoms with Crippen LogP contribution in [-0.4, -0.2) is 41.7 Å². The molecule has 2 N–H and O–H groups in total. The third kappa shape index (κ3) is 3.97. The fraction of sp³-hybridized carbons (Fsp3) is 0.538. The molecule has 3 heterocycles. The maximum Gasteiger partial charge on any atom is 0.495 e. The summed E-state index contributed by atoms with van der Waals surface area (Å²) < 4.78 is 39.8. The average molecular weight is 481 g/mol. The van der Waals surface area contributed by atoms with Gasteiger partial charge in [-0.25, -0.2) is 4.39 Å². The van der Waals surface area contributed by atoms with Crippen LogP contribution in [0.2, 0.25) is 0 Å². The lowest BCUT2D eigenvalue weighted by Crippen LogP contribution is -2.41. The van der Waals surface area contributed by atoms with E-state index in [1.54, 1.807) is 6.07 Å².